The molecule has 0 amide bonds. The van der Waals surface area contributed by atoms with Crippen LogP contribution in [-0.4, -0.2) is 30.5 Å². The normalized spacial score (nSPS) is 11.6. The van der Waals surface area contributed by atoms with Crippen LogP contribution < -0.4 is 15.0 Å². The average molecular weight is 473 g/mol. The molecule has 0 bridgehead atoms. The van der Waals surface area contributed by atoms with E-state index in [1.54, 1.807) is 26.0 Å². The van der Waals surface area contributed by atoms with Crippen LogP contribution in [0.5, 0.6) is 5.75 Å². The van der Waals surface area contributed by atoms with Gasteiger partial charge in [0.15, 0.2) is 5.76 Å². The fourth-order valence-corrected chi connectivity index (χ4v) is 5.14. The fourth-order valence-electron chi connectivity index (χ4n) is 3.21. The Bertz CT molecular complexity index is 1400. The van der Waals surface area contributed by atoms with Gasteiger partial charge in [-0.15, -0.1) is 11.3 Å². The molecule has 0 fully saturated rings. The Morgan fingerprint density at radius 3 is 2.66 bits per heavy atom. The average Bonchev–Trinajstić information content (AvgIpc) is 3.42. The minimum atomic E-state index is -3.87. The Morgan fingerprint density at radius 1 is 1.19 bits per heavy atom. The highest BCUT2D eigenvalue weighted by atomic mass is 32.2. The third kappa shape index (κ3) is 4.22. The van der Waals surface area contributed by atoms with Gasteiger partial charge in [-0.05, 0) is 49.6 Å². The molecule has 1 N–H and O–H groups in total. The highest BCUT2D eigenvalue weighted by Crippen LogP contribution is 2.29. The smallest absolute Gasteiger partial charge is 0.271 e. The number of ether oxygens (including phenoxy) is 1. The zero-order valence-corrected chi connectivity index (χ0v) is 19.2. The van der Waals surface area contributed by atoms with Crippen molar-refractivity contribution >= 4 is 21.4 Å². The number of rotatable bonds is 7. The van der Waals surface area contributed by atoms with Crippen LogP contribution in [0.15, 0.2) is 62.1 Å². The van der Waals surface area contributed by atoms with Crippen molar-refractivity contribution in [3.8, 4) is 22.7 Å². The Balaban J connectivity index is 1.76. The summed E-state index contributed by atoms with van der Waals surface area (Å²) in [7, 11) is -2.47. The lowest BCUT2D eigenvalue weighted by molar-refractivity contribution is 0.392. The van der Waals surface area contributed by atoms with Crippen molar-refractivity contribution in [2.45, 2.75) is 25.3 Å². The predicted octanol–water partition coefficient (Wildman–Crippen LogP) is 3.05. The Kier molecular flexibility index (Phi) is 5.96. The van der Waals surface area contributed by atoms with E-state index in [2.05, 4.69) is 15.0 Å². The lowest BCUT2D eigenvalue weighted by Gasteiger charge is -2.13. The zero-order chi connectivity index (χ0) is 22.9. The summed E-state index contributed by atoms with van der Waals surface area (Å²) in [5, 5.41) is 10.2. The van der Waals surface area contributed by atoms with Gasteiger partial charge in [-0.2, -0.15) is 9.78 Å². The lowest BCUT2D eigenvalue weighted by Crippen LogP contribution is -2.23. The van der Waals surface area contributed by atoms with Crippen molar-refractivity contribution in [2.24, 2.45) is 0 Å². The number of hydrogen-bond donors (Lipinski definition) is 1. The molecular formula is C21H20N4O5S2. The van der Waals surface area contributed by atoms with Gasteiger partial charge in [0.05, 0.1) is 12.8 Å². The molecule has 0 atom stereocenters. The van der Waals surface area contributed by atoms with E-state index in [9.17, 15) is 13.2 Å². The number of aryl methyl sites for hydroxylation is 2. The molecule has 9 nitrogen and oxygen atoms in total. The second kappa shape index (κ2) is 8.69. The first-order valence-corrected chi connectivity index (χ1v) is 11.9. The summed E-state index contributed by atoms with van der Waals surface area (Å²) in [6, 6.07) is 11.3. The van der Waals surface area contributed by atoms with Crippen LogP contribution in [0.2, 0.25) is 0 Å². The molecule has 4 rings (SSSR count). The third-order valence-corrected chi connectivity index (χ3v) is 7.07. The van der Waals surface area contributed by atoms with E-state index in [-0.39, 0.29) is 22.7 Å². The molecule has 1 aromatic carbocycles. The zero-order valence-electron chi connectivity index (χ0n) is 17.5. The second-order valence-electron chi connectivity index (χ2n) is 6.91. The van der Waals surface area contributed by atoms with E-state index < -0.39 is 10.0 Å². The molecule has 0 aliphatic carbocycles. The predicted molar refractivity (Wildman–Crippen MR) is 120 cm³/mol. The summed E-state index contributed by atoms with van der Waals surface area (Å²) in [5.41, 5.74) is 1.52. The number of aromatic nitrogens is 3. The SMILES string of the molecule is COc1ccc(-c2ccc(=O)n(-c3c(C)noc3C)n2)cc1S(=O)(=O)NCc1cccs1. The minimum Gasteiger partial charge on any atom is -0.495 e. The van der Waals surface area contributed by atoms with E-state index in [1.165, 1.54) is 41.3 Å². The summed E-state index contributed by atoms with van der Waals surface area (Å²) in [6.07, 6.45) is 0. The van der Waals surface area contributed by atoms with Gasteiger partial charge < -0.3 is 9.26 Å². The molecule has 3 aromatic heterocycles. The van der Waals surface area contributed by atoms with Crippen LogP contribution in [0.3, 0.4) is 0 Å². The number of sulfonamides is 1. The first kappa shape index (κ1) is 21.9. The molecule has 0 aliphatic rings. The van der Waals surface area contributed by atoms with Crippen LogP contribution in [0, 0.1) is 13.8 Å². The maximum absolute atomic E-state index is 13.0. The highest BCUT2D eigenvalue weighted by Gasteiger charge is 2.21. The number of methoxy groups -OCH3 is 1. The molecule has 0 unspecified atom stereocenters. The van der Waals surface area contributed by atoms with Crippen molar-refractivity contribution in [1.29, 1.82) is 0 Å². The molecule has 3 heterocycles. The number of benzene rings is 1. The Labute approximate surface area is 188 Å². The van der Waals surface area contributed by atoms with Crippen molar-refractivity contribution in [3.63, 3.8) is 0 Å². The Morgan fingerprint density at radius 2 is 2.00 bits per heavy atom. The van der Waals surface area contributed by atoms with Gasteiger partial charge in [-0.1, -0.05) is 11.2 Å². The molecule has 0 saturated heterocycles. The van der Waals surface area contributed by atoms with Crippen LogP contribution in [-0.2, 0) is 16.6 Å². The van der Waals surface area contributed by atoms with Crippen molar-refractivity contribution in [1.82, 2.24) is 19.7 Å². The van der Waals surface area contributed by atoms with Gasteiger partial charge in [0, 0.05) is 23.1 Å². The van der Waals surface area contributed by atoms with Gasteiger partial charge in [0.2, 0.25) is 10.0 Å². The standard InChI is InChI=1S/C21H20N4O5S2/c1-13-21(14(2)30-24-13)25-20(26)9-7-17(23-25)15-6-8-18(29-3)19(11-15)32(27,28)22-12-16-5-4-10-31-16/h4-11,22H,12H2,1-3H3. The topological polar surface area (TPSA) is 116 Å². The van der Waals surface area contributed by atoms with Gasteiger partial charge >= 0.3 is 0 Å². The number of nitrogens with one attached hydrogen (secondary N) is 1. The van der Waals surface area contributed by atoms with Crippen molar-refractivity contribution in [2.75, 3.05) is 7.11 Å². The summed E-state index contributed by atoms with van der Waals surface area (Å²) in [4.78, 5) is 13.3. The van der Waals surface area contributed by atoms with Crippen molar-refractivity contribution in [3.05, 3.63) is 74.5 Å². The monoisotopic (exact) mass is 472 g/mol. The highest BCUT2D eigenvalue weighted by molar-refractivity contribution is 7.89. The first-order chi connectivity index (χ1) is 15.3. The van der Waals surface area contributed by atoms with Gasteiger partial charge in [-0.25, -0.2) is 13.1 Å². The molecule has 0 aliphatic heterocycles. The molecule has 0 saturated carbocycles. The number of nitrogens with zero attached hydrogens (tertiary/aromatic N) is 3. The van der Waals surface area contributed by atoms with E-state index in [0.717, 1.165) is 4.88 Å². The van der Waals surface area contributed by atoms with Gasteiger partial charge in [0.25, 0.3) is 5.56 Å². The van der Waals surface area contributed by atoms with Gasteiger partial charge in [0.1, 0.15) is 22.0 Å². The second-order valence-corrected chi connectivity index (χ2v) is 9.68. The van der Waals surface area contributed by atoms with Crippen LogP contribution >= 0.6 is 11.3 Å². The third-order valence-electron chi connectivity index (χ3n) is 4.77. The maximum atomic E-state index is 13.0. The van der Waals surface area contributed by atoms with Gasteiger partial charge in [-0.3, -0.25) is 4.79 Å². The Hall–Kier alpha value is -3.28. The summed E-state index contributed by atoms with van der Waals surface area (Å²) >= 11 is 1.46. The van der Waals surface area contributed by atoms with Crippen LogP contribution in [0.25, 0.3) is 16.9 Å². The summed E-state index contributed by atoms with van der Waals surface area (Å²) < 4.78 is 40.2. The van der Waals surface area contributed by atoms with E-state index in [4.69, 9.17) is 9.26 Å². The van der Waals surface area contributed by atoms with Crippen LogP contribution in [0.1, 0.15) is 16.3 Å². The molecule has 32 heavy (non-hydrogen) atoms. The largest absolute Gasteiger partial charge is 0.495 e. The number of hydrogen-bond acceptors (Lipinski definition) is 8. The van der Waals surface area contributed by atoms with Crippen LogP contribution in [0.4, 0.5) is 0 Å². The number of thiophene rings is 1. The summed E-state index contributed by atoms with van der Waals surface area (Å²) in [6.45, 7) is 3.57. The molecule has 166 valence electrons. The molecule has 0 spiro atoms. The molecule has 11 heteroatoms. The van der Waals surface area contributed by atoms with E-state index in [0.29, 0.717) is 28.4 Å². The quantitative estimate of drug-likeness (QED) is 0.439. The maximum Gasteiger partial charge on any atom is 0.271 e. The van der Waals surface area contributed by atoms with E-state index >= 15 is 0 Å². The molecular weight excluding hydrogens is 452 g/mol. The van der Waals surface area contributed by atoms with Crippen molar-refractivity contribution < 1.29 is 17.7 Å². The molecule has 0 radical (unpaired) electrons. The molecule has 4 aromatic rings. The van der Waals surface area contributed by atoms with E-state index in [1.807, 2.05) is 17.5 Å². The fraction of sp³-hybridized carbons (Fsp3) is 0.190. The lowest BCUT2D eigenvalue weighted by atomic mass is 10.1. The summed E-state index contributed by atoms with van der Waals surface area (Å²) in [5.74, 6) is 0.650. The first-order valence-electron chi connectivity index (χ1n) is 9.54. The minimum absolute atomic E-state index is 0.0223.